The molecule has 6 heteroatoms. The minimum atomic E-state index is 0.696. The van der Waals surface area contributed by atoms with Gasteiger partial charge in [-0.05, 0) is 36.4 Å². The van der Waals surface area contributed by atoms with E-state index in [1.165, 1.54) is 6.20 Å². The van der Waals surface area contributed by atoms with E-state index in [0.717, 1.165) is 33.7 Å². The molecule has 0 saturated heterocycles. The molecule has 3 aromatic rings. The molecule has 6 nitrogen and oxygen atoms in total. The van der Waals surface area contributed by atoms with E-state index >= 15 is 0 Å². The van der Waals surface area contributed by atoms with E-state index in [0.29, 0.717) is 5.69 Å². The van der Waals surface area contributed by atoms with Crippen LogP contribution in [0.15, 0.2) is 59.9 Å². The molecule has 0 radical (unpaired) electrons. The van der Waals surface area contributed by atoms with Crippen LogP contribution in [-0.4, -0.2) is 23.2 Å². The number of nitrogens with two attached hydrogens (primary N) is 2. The summed E-state index contributed by atoms with van der Waals surface area (Å²) in [6.45, 7) is 0. The topological polar surface area (TPSA) is 102 Å². The van der Waals surface area contributed by atoms with Gasteiger partial charge in [-0.25, -0.2) is 4.98 Å². The van der Waals surface area contributed by atoms with E-state index in [9.17, 15) is 0 Å². The summed E-state index contributed by atoms with van der Waals surface area (Å²) in [7, 11) is 1.70. The second-order valence-electron chi connectivity index (χ2n) is 5.22. The summed E-state index contributed by atoms with van der Waals surface area (Å²) in [6.07, 6.45) is 4.96. The fourth-order valence-electron chi connectivity index (χ4n) is 2.35. The number of hydrogen-bond acceptors (Lipinski definition) is 6. The fourth-order valence-corrected chi connectivity index (χ4v) is 2.35. The first-order chi connectivity index (χ1) is 11.7. The van der Waals surface area contributed by atoms with Gasteiger partial charge in [0.25, 0.3) is 0 Å². The summed E-state index contributed by atoms with van der Waals surface area (Å²) >= 11 is 0. The highest BCUT2D eigenvalue weighted by molar-refractivity contribution is 6.10. The Hall–Kier alpha value is -3.41. The molecule has 0 bridgehead atoms. The number of nitrogens with zero attached hydrogens (tertiary/aromatic N) is 3. The number of aromatic nitrogens is 2. The van der Waals surface area contributed by atoms with Gasteiger partial charge in [0.1, 0.15) is 5.82 Å². The number of rotatable bonds is 4. The van der Waals surface area contributed by atoms with Crippen molar-refractivity contribution >= 4 is 40.0 Å². The molecule has 0 fully saturated rings. The first-order valence-electron chi connectivity index (χ1n) is 7.43. The summed E-state index contributed by atoms with van der Waals surface area (Å²) in [4.78, 5) is 13.0. The standard InChI is InChI=1S/C18H18N6/c1-21-10-13(9-19)12-7-17-16(22-11-12)5-6-18(24-17)23-15-4-2-3-14(20)8-15/h2-11H,19-20H2,1H3,(H,23,24). The van der Waals surface area contributed by atoms with Crippen molar-refractivity contribution in [3.05, 3.63) is 60.4 Å². The van der Waals surface area contributed by atoms with Crippen LogP contribution in [0.25, 0.3) is 16.6 Å². The fraction of sp³-hybridized carbons (Fsp3) is 0.0556. The molecule has 0 aliphatic heterocycles. The largest absolute Gasteiger partial charge is 0.404 e. The molecule has 0 atom stereocenters. The van der Waals surface area contributed by atoms with Crippen LogP contribution in [0.1, 0.15) is 5.56 Å². The average molecular weight is 318 g/mol. The number of nitrogen functional groups attached to an aromatic ring is 1. The van der Waals surface area contributed by atoms with Gasteiger partial charge in [0.05, 0.1) is 11.0 Å². The zero-order valence-electron chi connectivity index (χ0n) is 13.3. The Labute approximate surface area is 140 Å². The molecule has 0 saturated carbocycles. The van der Waals surface area contributed by atoms with E-state index < -0.39 is 0 Å². The lowest BCUT2D eigenvalue weighted by Crippen LogP contribution is -1.97. The Bertz CT molecular complexity index is 930. The second-order valence-corrected chi connectivity index (χ2v) is 5.22. The molecule has 24 heavy (non-hydrogen) atoms. The van der Waals surface area contributed by atoms with Crippen molar-refractivity contribution in [2.24, 2.45) is 10.7 Å². The van der Waals surface area contributed by atoms with Crippen LogP contribution in [0.4, 0.5) is 17.2 Å². The third-order valence-electron chi connectivity index (χ3n) is 3.48. The molecule has 5 N–H and O–H groups in total. The Morgan fingerprint density at radius 3 is 2.79 bits per heavy atom. The van der Waals surface area contributed by atoms with Crippen LogP contribution < -0.4 is 16.8 Å². The Kier molecular flexibility index (Phi) is 4.38. The van der Waals surface area contributed by atoms with Crippen LogP contribution >= 0.6 is 0 Å². The van der Waals surface area contributed by atoms with Gasteiger partial charge in [-0.2, -0.15) is 0 Å². The normalized spacial score (nSPS) is 12.0. The van der Waals surface area contributed by atoms with Gasteiger partial charge in [0, 0.05) is 48.2 Å². The molecule has 0 amide bonds. The summed E-state index contributed by atoms with van der Waals surface area (Å²) in [5, 5.41) is 3.24. The molecular weight excluding hydrogens is 300 g/mol. The molecule has 0 aliphatic carbocycles. The monoisotopic (exact) mass is 318 g/mol. The number of allylic oxidation sites excluding steroid dienone is 1. The summed E-state index contributed by atoms with van der Waals surface area (Å²) in [5.74, 6) is 0.717. The minimum Gasteiger partial charge on any atom is -0.404 e. The predicted molar refractivity (Wildman–Crippen MR) is 100 cm³/mol. The lowest BCUT2D eigenvalue weighted by molar-refractivity contribution is 1.31. The number of aliphatic imine (C=N–C) groups is 1. The van der Waals surface area contributed by atoms with Crippen LogP contribution in [0.2, 0.25) is 0 Å². The molecule has 2 aromatic heterocycles. The van der Waals surface area contributed by atoms with Crippen molar-refractivity contribution in [3.8, 4) is 0 Å². The van der Waals surface area contributed by atoms with Gasteiger partial charge in [-0.3, -0.25) is 9.98 Å². The van der Waals surface area contributed by atoms with E-state index in [1.54, 1.807) is 19.5 Å². The van der Waals surface area contributed by atoms with Crippen molar-refractivity contribution < 1.29 is 0 Å². The van der Waals surface area contributed by atoms with E-state index in [1.807, 2.05) is 42.5 Å². The van der Waals surface area contributed by atoms with Gasteiger partial charge in [0.15, 0.2) is 0 Å². The number of hydrogen-bond donors (Lipinski definition) is 3. The highest BCUT2D eigenvalue weighted by atomic mass is 15.0. The first kappa shape index (κ1) is 15.5. The zero-order valence-corrected chi connectivity index (χ0v) is 13.3. The number of pyridine rings is 2. The summed E-state index contributed by atoms with van der Waals surface area (Å²) in [5.41, 5.74) is 16.3. The van der Waals surface area contributed by atoms with Crippen LogP contribution in [-0.2, 0) is 0 Å². The summed E-state index contributed by atoms with van der Waals surface area (Å²) < 4.78 is 0. The highest BCUT2D eigenvalue weighted by Crippen LogP contribution is 2.21. The van der Waals surface area contributed by atoms with Crippen molar-refractivity contribution in [1.82, 2.24) is 9.97 Å². The van der Waals surface area contributed by atoms with Crippen molar-refractivity contribution in [3.63, 3.8) is 0 Å². The van der Waals surface area contributed by atoms with Crippen molar-refractivity contribution in [1.29, 1.82) is 0 Å². The Balaban J connectivity index is 1.97. The third kappa shape index (κ3) is 3.33. The Morgan fingerprint density at radius 2 is 2.04 bits per heavy atom. The molecule has 0 aliphatic rings. The van der Waals surface area contributed by atoms with E-state index in [-0.39, 0.29) is 0 Å². The third-order valence-corrected chi connectivity index (χ3v) is 3.48. The predicted octanol–water partition coefficient (Wildman–Crippen LogP) is 2.96. The van der Waals surface area contributed by atoms with E-state index in [4.69, 9.17) is 11.5 Å². The SMILES string of the molecule is CN=CC(=CN)c1cnc2ccc(Nc3cccc(N)c3)nc2c1. The van der Waals surface area contributed by atoms with Gasteiger partial charge in [0.2, 0.25) is 0 Å². The van der Waals surface area contributed by atoms with Gasteiger partial charge >= 0.3 is 0 Å². The van der Waals surface area contributed by atoms with Crippen LogP contribution in [0.5, 0.6) is 0 Å². The molecule has 1 aromatic carbocycles. The van der Waals surface area contributed by atoms with Crippen molar-refractivity contribution in [2.75, 3.05) is 18.1 Å². The second kappa shape index (κ2) is 6.78. The van der Waals surface area contributed by atoms with Gasteiger partial charge in [-0.15, -0.1) is 0 Å². The quantitative estimate of drug-likeness (QED) is 0.507. The molecule has 0 unspecified atom stereocenters. The smallest absolute Gasteiger partial charge is 0.131 e. The summed E-state index contributed by atoms with van der Waals surface area (Å²) in [6, 6.07) is 13.3. The number of fused-ring (bicyclic) bond motifs is 1. The number of nitrogens with one attached hydrogen (secondary N) is 1. The average Bonchev–Trinajstić information content (AvgIpc) is 2.59. The van der Waals surface area contributed by atoms with Crippen LogP contribution in [0.3, 0.4) is 0 Å². The maximum Gasteiger partial charge on any atom is 0.131 e. The Morgan fingerprint density at radius 1 is 1.17 bits per heavy atom. The minimum absolute atomic E-state index is 0.696. The molecular formula is C18H18N6. The van der Waals surface area contributed by atoms with Gasteiger partial charge < -0.3 is 16.8 Å². The molecule has 2 heterocycles. The number of anilines is 3. The first-order valence-corrected chi connectivity index (χ1v) is 7.43. The zero-order chi connectivity index (χ0) is 16.9. The highest BCUT2D eigenvalue weighted by Gasteiger charge is 2.05. The molecule has 3 rings (SSSR count). The van der Waals surface area contributed by atoms with Gasteiger partial charge in [-0.1, -0.05) is 6.07 Å². The number of benzene rings is 1. The molecule has 120 valence electrons. The van der Waals surface area contributed by atoms with Crippen LogP contribution in [0, 0.1) is 0 Å². The molecule has 0 spiro atoms. The van der Waals surface area contributed by atoms with E-state index in [2.05, 4.69) is 20.3 Å². The maximum absolute atomic E-state index is 5.80. The van der Waals surface area contributed by atoms with Crippen molar-refractivity contribution in [2.45, 2.75) is 0 Å². The lowest BCUT2D eigenvalue weighted by atomic mass is 10.1. The maximum atomic E-state index is 5.80. The lowest BCUT2D eigenvalue weighted by Gasteiger charge is -2.08.